The highest BCUT2D eigenvalue weighted by Crippen LogP contribution is 2.23. The second-order valence-corrected chi connectivity index (χ2v) is 8.03. The lowest BCUT2D eigenvalue weighted by atomic mass is 10.1. The fourth-order valence-electron chi connectivity index (χ4n) is 2.35. The molecule has 0 saturated heterocycles. The molecule has 0 aliphatic carbocycles. The Bertz CT molecular complexity index is 939. The Kier molecular flexibility index (Phi) is 6.59. The number of esters is 2. The summed E-state index contributed by atoms with van der Waals surface area (Å²) in [7, 11) is -0.332. The van der Waals surface area contributed by atoms with Gasteiger partial charge in [0.25, 0.3) is 0 Å². The Hall–Kier alpha value is -2.42. The third-order valence-electron chi connectivity index (χ3n) is 3.81. The first-order valence-corrected chi connectivity index (χ1v) is 9.54. The maximum atomic E-state index is 13.0. The minimum absolute atomic E-state index is 0.0119. The predicted molar refractivity (Wildman–Crippen MR) is 99.2 cm³/mol. The summed E-state index contributed by atoms with van der Waals surface area (Å²) in [5.74, 6) is -1.54. The van der Waals surface area contributed by atoms with E-state index in [1.165, 1.54) is 13.1 Å². The van der Waals surface area contributed by atoms with Crippen molar-refractivity contribution in [2.45, 2.75) is 11.4 Å². The van der Waals surface area contributed by atoms with Crippen LogP contribution in [0.15, 0.2) is 47.4 Å². The molecule has 27 heavy (non-hydrogen) atoms. The fraction of sp³-hybridized carbons (Fsp3) is 0.222. The van der Waals surface area contributed by atoms with Crippen LogP contribution in [0.25, 0.3) is 0 Å². The Balaban J connectivity index is 2.48. The van der Waals surface area contributed by atoms with E-state index in [-0.39, 0.29) is 22.6 Å². The molecular formula is C18H18ClNO6S. The smallest absolute Gasteiger partial charge is 0.337 e. The topological polar surface area (TPSA) is 90.0 Å². The van der Waals surface area contributed by atoms with E-state index in [0.29, 0.717) is 10.6 Å². The van der Waals surface area contributed by atoms with Crippen molar-refractivity contribution >= 4 is 33.6 Å². The van der Waals surface area contributed by atoms with E-state index in [9.17, 15) is 18.0 Å². The average molecular weight is 412 g/mol. The van der Waals surface area contributed by atoms with Gasteiger partial charge in [-0.15, -0.1) is 0 Å². The van der Waals surface area contributed by atoms with Gasteiger partial charge in [0.15, 0.2) is 0 Å². The van der Waals surface area contributed by atoms with Crippen molar-refractivity contribution in [1.29, 1.82) is 0 Å². The molecule has 0 heterocycles. The van der Waals surface area contributed by atoms with Crippen LogP contribution in [0.1, 0.15) is 26.3 Å². The molecule has 0 fully saturated rings. The first-order chi connectivity index (χ1) is 12.7. The number of ether oxygens (including phenoxy) is 2. The van der Waals surface area contributed by atoms with Gasteiger partial charge in [-0.1, -0.05) is 29.8 Å². The van der Waals surface area contributed by atoms with Gasteiger partial charge < -0.3 is 9.47 Å². The number of carbonyl (C=O) groups excluding carboxylic acids is 2. The molecule has 0 unspecified atom stereocenters. The zero-order valence-corrected chi connectivity index (χ0v) is 16.5. The molecule has 0 aliphatic rings. The standard InChI is InChI=1S/C18H18ClNO6S/c1-20(11-12-6-4-5-7-16(12)19)27(23,24)15-9-13(17(21)25-2)8-14(10-15)18(22)26-3/h4-10H,11H2,1-3H3. The number of halogens is 1. The van der Waals surface area contributed by atoms with E-state index >= 15 is 0 Å². The minimum atomic E-state index is -4.02. The van der Waals surface area contributed by atoms with Crippen LogP contribution < -0.4 is 0 Å². The molecule has 2 aromatic carbocycles. The highest BCUT2D eigenvalue weighted by Gasteiger charge is 2.25. The lowest BCUT2D eigenvalue weighted by Gasteiger charge is -2.19. The number of methoxy groups -OCH3 is 2. The summed E-state index contributed by atoms with van der Waals surface area (Å²) in [5.41, 5.74) is 0.456. The van der Waals surface area contributed by atoms with Crippen molar-refractivity contribution in [2.75, 3.05) is 21.3 Å². The summed E-state index contributed by atoms with van der Waals surface area (Å²) in [4.78, 5) is 23.5. The second kappa shape index (κ2) is 8.51. The van der Waals surface area contributed by atoms with Gasteiger partial charge in [0, 0.05) is 18.6 Å². The van der Waals surface area contributed by atoms with Crippen LogP contribution in [-0.2, 0) is 26.0 Å². The van der Waals surface area contributed by atoms with Crippen LogP contribution in [-0.4, -0.2) is 45.9 Å². The van der Waals surface area contributed by atoms with E-state index in [0.717, 1.165) is 30.7 Å². The molecule has 0 aromatic heterocycles. The molecule has 7 nitrogen and oxygen atoms in total. The van der Waals surface area contributed by atoms with Gasteiger partial charge in [-0.3, -0.25) is 0 Å². The second-order valence-electron chi connectivity index (χ2n) is 5.58. The van der Waals surface area contributed by atoms with Crippen molar-refractivity contribution in [3.05, 3.63) is 64.2 Å². The Labute approximate surface area is 162 Å². The van der Waals surface area contributed by atoms with Gasteiger partial charge in [-0.25, -0.2) is 18.0 Å². The van der Waals surface area contributed by atoms with Gasteiger partial charge >= 0.3 is 11.9 Å². The van der Waals surface area contributed by atoms with Crippen molar-refractivity contribution in [2.24, 2.45) is 0 Å². The zero-order chi connectivity index (χ0) is 20.2. The summed E-state index contributed by atoms with van der Waals surface area (Å²) in [6.07, 6.45) is 0. The van der Waals surface area contributed by atoms with Crippen LogP contribution in [0.2, 0.25) is 5.02 Å². The van der Waals surface area contributed by atoms with Crippen LogP contribution in [0, 0.1) is 0 Å². The summed E-state index contributed by atoms with van der Waals surface area (Å²) < 4.78 is 36.2. The van der Waals surface area contributed by atoms with E-state index in [2.05, 4.69) is 9.47 Å². The monoisotopic (exact) mass is 411 g/mol. The molecule has 2 rings (SSSR count). The van der Waals surface area contributed by atoms with Crippen molar-refractivity contribution in [1.82, 2.24) is 4.31 Å². The van der Waals surface area contributed by atoms with Gasteiger partial charge in [-0.2, -0.15) is 4.31 Å². The molecule has 0 radical (unpaired) electrons. The number of nitrogens with zero attached hydrogens (tertiary/aromatic N) is 1. The molecule has 0 N–H and O–H groups in total. The molecule has 9 heteroatoms. The maximum absolute atomic E-state index is 13.0. The number of benzene rings is 2. The number of carbonyl (C=O) groups is 2. The van der Waals surface area contributed by atoms with Crippen LogP contribution in [0.3, 0.4) is 0 Å². The Morgan fingerprint density at radius 3 is 2.00 bits per heavy atom. The third kappa shape index (κ3) is 4.65. The van der Waals surface area contributed by atoms with Crippen molar-refractivity contribution in [3.8, 4) is 0 Å². The highest BCUT2D eigenvalue weighted by molar-refractivity contribution is 7.89. The van der Waals surface area contributed by atoms with E-state index in [4.69, 9.17) is 11.6 Å². The van der Waals surface area contributed by atoms with Gasteiger partial charge in [0.1, 0.15) is 0 Å². The largest absolute Gasteiger partial charge is 0.465 e. The molecule has 144 valence electrons. The molecule has 0 amide bonds. The number of sulfonamides is 1. The van der Waals surface area contributed by atoms with Crippen LogP contribution in [0.5, 0.6) is 0 Å². The number of rotatable bonds is 6. The number of hydrogen-bond donors (Lipinski definition) is 0. The highest BCUT2D eigenvalue weighted by atomic mass is 35.5. The van der Waals surface area contributed by atoms with Crippen molar-refractivity contribution in [3.63, 3.8) is 0 Å². The molecular weight excluding hydrogens is 394 g/mol. The van der Waals surface area contributed by atoms with Crippen LogP contribution in [0.4, 0.5) is 0 Å². The molecule has 2 aromatic rings. The molecule has 0 saturated carbocycles. The first kappa shape index (κ1) is 20.9. The maximum Gasteiger partial charge on any atom is 0.337 e. The Morgan fingerprint density at radius 2 is 1.52 bits per heavy atom. The summed E-state index contributed by atoms with van der Waals surface area (Å²) >= 11 is 6.09. The van der Waals surface area contributed by atoms with Crippen molar-refractivity contribution < 1.29 is 27.5 Å². The summed E-state index contributed by atoms with van der Waals surface area (Å²) in [6, 6.07) is 10.4. The minimum Gasteiger partial charge on any atom is -0.465 e. The Morgan fingerprint density at radius 1 is 1.00 bits per heavy atom. The van der Waals surface area contributed by atoms with E-state index in [1.54, 1.807) is 24.3 Å². The SMILES string of the molecule is COC(=O)c1cc(C(=O)OC)cc(S(=O)(=O)N(C)Cc2ccccc2Cl)c1. The quantitative estimate of drug-likeness (QED) is 0.679. The fourth-order valence-corrected chi connectivity index (χ4v) is 3.77. The molecule has 0 atom stereocenters. The molecule has 0 spiro atoms. The summed E-state index contributed by atoms with van der Waals surface area (Å²) in [5, 5.41) is 0.429. The van der Waals surface area contributed by atoms with Gasteiger partial charge in [-0.05, 0) is 29.8 Å². The zero-order valence-electron chi connectivity index (χ0n) is 14.9. The predicted octanol–water partition coefficient (Wildman–Crippen LogP) is 2.73. The normalized spacial score (nSPS) is 11.3. The van der Waals surface area contributed by atoms with Gasteiger partial charge in [0.05, 0.1) is 30.2 Å². The average Bonchev–Trinajstić information content (AvgIpc) is 2.67. The lowest BCUT2D eigenvalue weighted by molar-refractivity contribution is 0.0598. The van der Waals surface area contributed by atoms with E-state index in [1.807, 2.05) is 0 Å². The first-order valence-electron chi connectivity index (χ1n) is 7.72. The third-order valence-corrected chi connectivity index (χ3v) is 5.96. The summed E-state index contributed by atoms with van der Waals surface area (Å²) in [6.45, 7) is 0.0119. The van der Waals surface area contributed by atoms with Crippen LogP contribution >= 0.6 is 11.6 Å². The van der Waals surface area contributed by atoms with E-state index < -0.39 is 22.0 Å². The van der Waals surface area contributed by atoms with Gasteiger partial charge in [0.2, 0.25) is 10.0 Å². The molecule has 0 aliphatic heterocycles. The molecule has 0 bridgehead atoms. The lowest BCUT2D eigenvalue weighted by Crippen LogP contribution is -2.27. The number of hydrogen-bond acceptors (Lipinski definition) is 6.